The Morgan fingerprint density at radius 2 is 1.95 bits per heavy atom. The highest BCUT2D eigenvalue weighted by atomic mass is 15.2. The summed E-state index contributed by atoms with van der Waals surface area (Å²) in [4.78, 5) is 11.4. The van der Waals surface area contributed by atoms with E-state index in [-0.39, 0.29) is 5.92 Å². The molecule has 1 unspecified atom stereocenters. The van der Waals surface area contributed by atoms with E-state index in [9.17, 15) is 0 Å². The average molecular weight is 277 g/mol. The quantitative estimate of drug-likeness (QED) is 0.835. The van der Waals surface area contributed by atoms with Gasteiger partial charge < -0.3 is 11.1 Å². The molecule has 1 fully saturated rings. The van der Waals surface area contributed by atoms with Gasteiger partial charge in [0.15, 0.2) is 0 Å². The highest BCUT2D eigenvalue weighted by molar-refractivity contribution is 5.55. The SMILES string of the molecule is Cc1c(N)nc(C(C)C)nc1NCC(C)N(C)C1CC1. The van der Waals surface area contributed by atoms with Crippen molar-refractivity contribution in [2.24, 2.45) is 0 Å². The Morgan fingerprint density at radius 3 is 2.50 bits per heavy atom. The lowest BCUT2D eigenvalue weighted by atomic mass is 10.2. The number of likely N-dealkylation sites (N-methyl/N-ethyl adjacent to an activating group) is 1. The molecule has 0 bridgehead atoms. The van der Waals surface area contributed by atoms with Crippen LogP contribution in [0, 0.1) is 6.92 Å². The summed E-state index contributed by atoms with van der Waals surface area (Å²) in [5.74, 6) is 2.54. The molecule has 0 radical (unpaired) electrons. The van der Waals surface area contributed by atoms with Gasteiger partial charge in [-0.1, -0.05) is 13.8 Å². The number of rotatable bonds is 6. The van der Waals surface area contributed by atoms with Gasteiger partial charge in [0.05, 0.1) is 0 Å². The third kappa shape index (κ3) is 3.39. The van der Waals surface area contributed by atoms with E-state index in [2.05, 4.69) is 48.0 Å². The minimum absolute atomic E-state index is 0.282. The minimum atomic E-state index is 0.282. The van der Waals surface area contributed by atoms with Crippen LogP contribution in [0.5, 0.6) is 0 Å². The predicted octanol–water partition coefficient (Wildman–Crippen LogP) is 2.39. The Labute approximate surface area is 122 Å². The van der Waals surface area contributed by atoms with Crippen molar-refractivity contribution in [3.63, 3.8) is 0 Å². The monoisotopic (exact) mass is 277 g/mol. The van der Waals surface area contributed by atoms with Crippen LogP contribution in [-0.2, 0) is 0 Å². The Bertz CT molecular complexity index is 468. The van der Waals surface area contributed by atoms with Crippen molar-refractivity contribution in [3.8, 4) is 0 Å². The molecule has 1 aromatic heterocycles. The Morgan fingerprint density at radius 1 is 1.30 bits per heavy atom. The average Bonchev–Trinajstić information content (AvgIpc) is 3.23. The molecule has 20 heavy (non-hydrogen) atoms. The number of hydrogen-bond donors (Lipinski definition) is 2. The van der Waals surface area contributed by atoms with E-state index in [1.807, 2.05) is 6.92 Å². The topological polar surface area (TPSA) is 67.1 Å². The largest absolute Gasteiger partial charge is 0.383 e. The molecule has 1 atom stereocenters. The molecule has 112 valence electrons. The first-order chi connectivity index (χ1) is 9.40. The van der Waals surface area contributed by atoms with Gasteiger partial charge in [0, 0.05) is 30.1 Å². The lowest BCUT2D eigenvalue weighted by Gasteiger charge is -2.25. The van der Waals surface area contributed by atoms with E-state index in [4.69, 9.17) is 5.73 Å². The van der Waals surface area contributed by atoms with Gasteiger partial charge in [-0.25, -0.2) is 9.97 Å². The van der Waals surface area contributed by atoms with Gasteiger partial charge >= 0.3 is 0 Å². The molecular weight excluding hydrogens is 250 g/mol. The minimum Gasteiger partial charge on any atom is -0.383 e. The second kappa shape index (κ2) is 5.95. The van der Waals surface area contributed by atoms with Crippen LogP contribution in [0.1, 0.15) is 50.9 Å². The molecule has 1 aromatic rings. The Kier molecular flexibility index (Phi) is 4.48. The first-order valence-electron chi connectivity index (χ1n) is 7.50. The molecule has 1 aliphatic carbocycles. The molecule has 0 spiro atoms. The number of aromatic nitrogens is 2. The van der Waals surface area contributed by atoms with Crippen molar-refractivity contribution in [1.82, 2.24) is 14.9 Å². The van der Waals surface area contributed by atoms with E-state index >= 15 is 0 Å². The molecule has 0 aromatic carbocycles. The predicted molar refractivity (Wildman–Crippen MR) is 84.0 cm³/mol. The second-order valence-electron chi connectivity index (χ2n) is 6.22. The van der Waals surface area contributed by atoms with Crippen LogP contribution < -0.4 is 11.1 Å². The van der Waals surface area contributed by atoms with Crippen molar-refractivity contribution in [2.45, 2.75) is 58.5 Å². The Balaban J connectivity index is 2.04. The first-order valence-corrected chi connectivity index (χ1v) is 7.50. The van der Waals surface area contributed by atoms with E-state index in [1.165, 1.54) is 12.8 Å². The van der Waals surface area contributed by atoms with Crippen molar-refractivity contribution < 1.29 is 0 Å². The fourth-order valence-electron chi connectivity index (χ4n) is 2.21. The van der Waals surface area contributed by atoms with E-state index < -0.39 is 0 Å². The number of hydrogen-bond acceptors (Lipinski definition) is 5. The third-order valence-corrected chi connectivity index (χ3v) is 4.10. The number of nitrogens with one attached hydrogen (secondary N) is 1. The van der Waals surface area contributed by atoms with Crippen LogP contribution in [-0.4, -0.2) is 40.5 Å². The zero-order chi connectivity index (χ0) is 14.9. The van der Waals surface area contributed by atoms with Crippen molar-refractivity contribution in [2.75, 3.05) is 24.6 Å². The fraction of sp³-hybridized carbons (Fsp3) is 0.733. The summed E-state index contributed by atoms with van der Waals surface area (Å²) < 4.78 is 0. The van der Waals surface area contributed by atoms with Crippen molar-refractivity contribution >= 4 is 11.6 Å². The zero-order valence-corrected chi connectivity index (χ0v) is 13.3. The van der Waals surface area contributed by atoms with Crippen molar-refractivity contribution in [1.29, 1.82) is 0 Å². The van der Waals surface area contributed by atoms with Gasteiger partial charge in [0.2, 0.25) is 0 Å². The lowest BCUT2D eigenvalue weighted by molar-refractivity contribution is 0.257. The normalized spacial score (nSPS) is 16.8. The van der Waals surface area contributed by atoms with Gasteiger partial charge in [-0.05, 0) is 33.7 Å². The summed E-state index contributed by atoms with van der Waals surface area (Å²) in [5, 5.41) is 3.44. The summed E-state index contributed by atoms with van der Waals surface area (Å²) in [6.07, 6.45) is 2.66. The molecule has 1 saturated carbocycles. The zero-order valence-electron chi connectivity index (χ0n) is 13.3. The maximum atomic E-state index is 5.98. The standard InChI is InChI=1S/C15H27N5/c1-9(2)14-18-13(16)11(4)15(19-14)17-8-10(3)20(5)12-6-7-12/h9-10,12H,6-8H2,1-5H3,(H3,16,17,18,19). The smallest absolute Gasteiger partial charge is 0.135 e. The van der Waals surface area contributed by atoms with E-state index in [0.29, 0.717) is 11.9 Å². The molecule has 5 heteroatoms. The number of nitrogens with zero attached hydrogens (tertiary/aromatic N) is 3. The summed E-state index contributed by atoms with van der Waals surface area (Å²) in [7, 11) is 2.20. The highest BCUT2D eigenvalue weighted by Gasteiger charge is 2.29. The van der Waals surface area contributed by atoms with Gasteiger partial charge in [0.1, 0.15) is 17.5 Å². The van der Waals surface area contributed by atoms with Gasteiger partial charge in [-0.15, -0.1) is 0 Å². The summed E-state index contributed by atoms with van der Waals surface area (Å²) in [6.45, 7) is 9.25. The van der Waals surface area contributed by atoms with Gasteiger partial charge in [-0.3, -0.25) is 4.90 Å². The fourth-order valence-corrected chi connectivity index (χ4v) is 2.21. The van der Waals surface area contributed by atoms with E-state index in [0.717, 1.165) is 29.8 Å². The van der Waals surface area contributed by atoms with Crippen LogP contribution in [0.15, 0.2) is 0 Å². The summed E-state index contributed by atoms with van der Waals surface area (Å²) in [6, 6.07) is 1.26. The number of anilines is 2. The van der Waals surface area contributed by atoms with Gasteiger partial charge in [-0.2, -0.15) is 0 Å². The first kappa shape index (κ1) is 15.0. The maximum Gasteiger partial charge on any atom is 0.135 e. The molecule has 0 aliphatic heterocycles. The third-order valence-electron chi connectivity index (χ3n) is 4.10. The van der Waals surface area contributed by atoms with Gasteiger partial charge in [0.25, 0.3) is 0 Å². The number of nitrogen functional groups attached to an aromatic ring is 1. The van der Waals surface area contributed by atoms with E-state index in [1.54, 1.807) is 0 Å². The summed E-state index contributed by atoms with van der Waals surface area (Å²) in [5.41, 5.74) is 6.92. The molecule has 3 N–H and O–H groups in total. The van der Waals surface area contributed by atoms with Crippen LogP contribution in [0.3, 0.4) is 0 Å². The second-order valence-corrected chi connectivity index (χ2v) is 6.22. The Hall–Kier alpha value is -1.36. The maximum absolute atomic E-state index is 5.98. The molecule has 5 nitrogen and oxygen atoms in total. The van der Waals surface area contributed by atoms with Crippen LogP contribution in [0.2, 0.25) is 0 Å². The molecule has 0 saturated heterocycles. The van der Waals surface area contributed by atoms with Crippen LogP contribution >= 0.6 is 0 Å². The molecule has 2 rings (SSSR count). The van der Waals surface area contributed by atoms with Crippen LogP contribution in [0.25, 0.3) is 0 Å². The molecule has 1 aliphatic rings. The molecular formula is C15H27N5. The highest BCUT2D eigenvalue weighted by Crippen LogP contribution is 2.27. The summed E-state index contributed by atoms with van der Waals surface area (Å²) >= 11 is 0. The lowest BCUT2D eigenvalue weighted by Crippen LogP contribution is -2.36. The molecule has 0 amide bonds. The van der Waals surface area contributed by atoms with Crippen molar-refractivity contribution in [3.05, 3.63) is 11.4 Å². The molecule has 1 heterocycles. The number of nitrogens with two attached hydrogens (primary N) is 1. The van der Waals surface area contributed by atoms with Crippen LogP contribution in [0.4, 0.5) is 11.6 Å².